The van der Waals surface area contributed by atoms with Gasteiger partial charge in [-0.05, 0) is 60.9 Å². The SMILES string of the molecule is CCc1cc(CC)n2nc(-c3ccc(OC)cc3)c(-c3cccc(OC)c3)c2n1. The van der Waals surface area contributed by atoms with Crippen molar-refractivity contribution in [2.24, 2.45) is 0 Å². The van der Waals surface area contributed by atoms with Crippen LogP contribution in [0, 0.1) is 0 Å². The van der Waals surface area contributed by atoms with Crippen LogP contribution < -0.4 is 9.47 Å². The van der Waals surface area contributed by atoms with Crippen LogP contribution >= 0.6 is 0 Å². The lowest BCUT2D eigenvalue weighted by molar-refractivity contribution is 0.415. The van der Waals surface area contributed by atoms with Crippen LogP contribution in [-0.4, -0.2) is 28.8 Å². The van der Waals surface area contributed by atoms with E-state index in [1.165, 1.54) is 0 Å². The van der Waals surface area contributed by atoms with Crippen LogP contribution in [0.2, 0.25) is 0 Å². The maximum Gasteiger partial charge on any atom is 0.164 e. The van der Waals surface area contributed by atoms with E-state index in [4.69, 9.17) is 19.6 Å². The van der Waals surface area contributed by atoms with Gasteiger partial charge in [0.15, 0.2) is 5.65 Å². The van der Waals surface area contributed by atoms with Gasteiger partial charge in [-0.25, -0.2) is 9.50 Å². The number of nitrogens with zero attached hydrogens (tertiary/aromatic N) is 3. The van der Waals surface area contributed by atoms with E-state index in [1.807, 2.05) is 47.0 Å². The molecule has 2 heterocycles. The molecule has 0 aliphatic heterocycles. The summed E-state index contributed by atoms with van der Waals surface area (Å²) in [5, 5.41) is 4.99. The van der Waals surface area contributed by atoms with Crippen molar-refractivity contribution in [3.05, 3.63) is 66.0 Å². The molecular weight excluding hydrogens is 362 g/mol. The molecule has 0 atom stereocenters. The smallest absolute Gasteiger partial charge is 0.164 e. The molecule has 0 aliphatic rings. The van der Waals surface area contributed by atoms with E-state index in [2.05, 4.69) is 26.0 Å². The van der Waals surface area contributed by atoms with E-state index in [9.17, 15) is 0 Å². The highest BCUT2D eigenvalue weighted by atomic mass is 16.5. The molecule has 0 fully saturated rings. The van der Waals surface area contributed by atoms with Gasteiger partial charge in [-0.15, -0.1) is 0 Å². The van der Waals surface area contributed by atoms with Crippen LogP contribution in [0.1, 0.15) is 25.2 Å². The first-order chi connectivity index (χ1) is 14.2. The zero-order valence-electron chi connectivity index (χ0n) is 17.3. The summed E-state index contributed by atoms with van der Waals surface area (Å²) in [7, 11) is 3.35. The molecule has 0 N–H and O–H groups in total. The van der Waals surface area contributed by atoms with Crippen molar-refractivity contribution in [3.63, 3.8) is 0 Å². The second-order valence-electron chi connectivity index (χ2n) is 6.87. The van der Waals surface area contributed by atoms with E-state index < -0.39 is 0 Å². The fourth-order valence-corrected chi connectivity index (χ4v) is 3.56. The Morgan fingerprint density at radius 1 is 0.828 bits per heavy atom. The van der Waals surface area contributed by atoms with Crippen LogP contribution in [0.25, 0.3) is 28.0 Å². The maximum atomic E-state index is 5.47. The second-order valence-corrected chi connectivity index (χ2v) is 6.87. The Kier molecular flexibility index (Phi) is 5.21. The molecule has 4 rings (SSSR count). The van der Waals surface area contributed by atoms with E-state index in [0.717, 1.165) is 63.8 Å². The topological polar surface area (TPSA) is 48.7 Å². The molecule has 2 aromatic carbocycles. The van der Waals surface area contributed by atoms with Crippen LogP contribution in [0.4, 0.5) is 0 Å². The number of fused-ring (bicyclic) bond motifs is 1. The molecular formula is C24H25N3O2. The summed E-state index contributed by atoms with van der Waals surface area (Å²) in [6, 6.07) is 18.2. The van der Waals surface area contributed by atoms with Gasteiger partial charge in [-0.1, -0.05) is 26.0 Å². The summed E-state index contributed by atoms with van der Waals surface area (Å²) in [5.41, 5.74) is 7.06. The van der Waals surface area contributed by atoms with Crippen LogP contribution in [0.3, 0.4) is 0 Å². The minimum Gasteiger partial charge on any atom is -0.497 e. The zero-order chi connectivity index (χ0) is 20.4. The molecule has 0 radical (unpaired) electrons. The molecule has 0 amide bonds. The Balaban J connectivity index is 2.05. The van der Waals surface area contributed by atoms with Gasteiger partial charge < -0.3 is 9.47 Å². The van der Waals surface area contributed by atoms with Crippen molar-refractivity contribution in [3.8, 4) is 33.9 Å². The first-order valence-corrected chi connectivity index (χ1v) is 9.88. The Hall–Kier alpha value is -3.34. The molecule has 2 aromatic heterocycles. The number of rotatable bonds is 6. The Labute approximate surface area is 170 Å². The van der Waals surface area contributed by atoms with Crippen molar-refractivity contribution in [1.29, 1.82) is 0 Å². The number of aromatic nitrogens is 3. The average molecular weight is 387 g/mol. The molecule has 5 heteroatoms. The lowest BCUT2D eigenvalue weighted by Crippen LogP contribution is -2.02. The van der Waals surface area contributed by atoms with Crippen molar-refractivity contribution < 1.29 is 9.47 Å². The largest absolute Gasteiger partial charge is 0.497 e. The van der Waals surface area contributed by atoms with Gasteiger partial charge >= 0.3 is 0 Å². The Bertz CT molecular complexity index is 1150. The summed E-state index contributed by atoms with van der Waals surface area (Å²) in [4.78, 5) is 4.95. The first-order valence-electron chi connectivity index (χ1n) is 9.88. The fourth-order valence-electron chi connectivity index (χ4n) is 3.56. The van der Waals surface area contributed by atoms with Crippen LogP contribution in [-0.2, 0) is 12.8 Å². The highest BCUT2D eigenvalue weighted by Crippen LogP contribution is 2.37. The number of benzene rings is 2. The number of hydrogen-bond donors (Lipinski definition) is 0. The Morgan fingerprint density at radius 3 is 2.24 bits per heavy atom. The standard InChI is InChI=1S/C24H25N3O2/c1-5-18-15-19(6-2)27-24(25-18)22(17-8-7-9-21(14-17)29-4)23(26-27)16-10-12-20(28-3)13-11-16/h7-15H,5-6H2,1-4H3. The van der Waals surface area contributed by atoms with Crippen molar-refractivity contribution in [2.75, 3.05) is 14.2 Å². The molecule has 148 valence electrons. The van der Waals surface area contributed by atoms with Crippen LogP contribution in [0.5, 0.6) is 11.5 Å². The highest BCUT2D eigenvalue weighted by molar-refractivity contribution is 5.91. The number of hydrogen-bond acceptors (Lipinski definition) is 4. The van der Waals surface area contributed by atoms with Gasteiger partial charge in [0.1, 0.15) is 17.2 Å². The maximum absolute atomic E-state index is 5.47. The number of ether oxygens (including phenoxy) is 2. The Morgan fingerprint density at radius 2 is 1.59 bits per heavy atom. The molecule has 0 spiro atoms. The van der Waals surface area contributed by atoms with Gasteiger partial charge in [0.05, 0.1) is 19.8 Å². The molecule has 0 bridgehead atoms. The van der Waals surface area contributed by atoms with Gasteiger partial charge in [0, 0.05) is 17.0 Å². The van der Waals surface area contributed by atoms with E-state index >= 15 is 0 Å². The van der Waals surface area contributed by atoms with Crippen molar-refractivity contribution >= 4 is 5.65 Å². The third-order valence-electron chi connectivity index (χ3n) is 5.16. The van der Waals surface area contributed by atoms with Gasteiger partial charge in [0.2, 0.25) is 0 Å². The molecule has 0 saturated carbocycles. The minimum absolute atomic E-state index is 0.810. The van der Waals surface area contributed by atoms with E-state index in [-0.39, 0.29) is 0 Å². The average Bonchev–Trinajstić information content (AvgIpc) is 3.17. The van der Waals surface area contributed by atoms with E-state index in [1.54, 1.807) is 14.2 Å². The lowest BCUT2D eigenvalue weighted by Gasteiger charge is -2.08. The molecule has 0 unspecified atom stereocenters. The third kappa shape index (κ3) is 3.44. The molecule has 4 aromatic rings. The lowest BCUT2D eigenvalue weighted by atomic mass is 10.0. The zero-order valence-corrected chi connectivity index (χ0v) is 17.3. The predicted molar refractivity (Wildman–Crippen MR) is 116 cm³/mol. The van der Waals surface area contributed by atoms with Gasteiger partial charge in [-0.2, -0.15) is 5.10 Å². The molecule has 5 nitrogen and oxygen atoms in total. The van der Waals surface area contributed by atoms with E-state index in [0.29, 0.717) is 0 Å². The molecule has 29 heavy (non-hydrogen) atoms. The van der Waals surface area contributed by atoms with Gasteiger partial charge in [0.25, 0.3) is 0 Å². The van der Waals surface area contributed by atoms with Gasteiger partial charge in [-0.3, -0.25) is 0 Å². The normalized spacial score (nSPS) is 11.0. The number of aryl methyl sites for hydroxylation is 2. The first kappa shape index (κ1) is 19.0. The molecule has 0 aliphatic carbocycles. The summed E-state index contributed by atoms with van der Waals surface area (Å²) in [5.74, 6) is 1.63. The molecule has 0 saturated heterocycles. The summed E-state index contributed by atoms with van der Waals surface area (Å²) in [6.45, 7) is 4.28. The summed E-state index contributed by atoms with van der Waals surface area (Å²) >= 11 is 0. The number of methoxy groups -OCH3 is 2. The minimum atomic E-state index is 0.810. The summed E-state index contributed by atoms with van der Waals surface area (Å²) < 4.78 is 12.8. The second kappa shape index (κ2) is 7.95. The summed E-state index contributed by atoms with van der Waals surface area (Å²) in [6.07, 6.45) is 1.76. The highest BCUT2D eigenvalue weighted by Gasteiger charge is 2.20. The third-order valence-corrected chi connectivity index (χ3v) is 5.16. The fraction of sp³-hybridized carbons (Fsp3) is 0.250. The van der Waals surface area contributed by atoms with Crippen molar-refractivity contribution in [2.45, 2.75) is 26.7 Å². The predicted octanol–water partition coefficient (Wildman–Crippen LogP) is 5.21. The quantitative estimate of drug-likeness (QED) is 0.456. The van der Waals surface area contributed by atoms with Crippen molar-refractivity contribution in [1.82, 2.24) is 14.6 Å². The van der Waals surface area contributed by atoms with Crippen LogP contribution in [0.15, 0.2) is 54.6 Å². The monoisotopic (exact) mass is 387 g/mol.